The zero-order valence-corrected chi connectivity index (χ0v) is 18.2. The Morgan fingerprint density at radius 2 is 2.00 bits per heavy atom. The number of rotatable bonds is 5. The van der Waals surface area contributed by atoms with Crippen molar-refractivity contribution in [2.24, 2.45) is 0 Å². The van der Waals surface area contributed by atoms with Crippen LogP contribution >= 0.6 is 31.9 Å². The van der Waals surface area contributed by atoms with Crippen molar-refractivity contribution >= 4 is 31.9 Å². The maximum absolute atomic E-state index is 12.8. The summed E-state index contributed by atoms with van der Waals surface area (Å²) in [5.41, 5.74) is 0.368. The Morgan fingerprint density at radius 1 is 1.30 bits per heavy atom. The summed E-state index contributed by atoms with van der Waals surface area (Å²) >= 11 is 6.43. The first-order valence-electron chi connectivity index (χ1n) is 6.46. The Labute approximate surface area is 174 Å². The van der Waals surface area contributed by atoms with E-state index in [-0.39, 0.29) is 37.2 Å². The third-order valence-electron chi connectivity index (χ3n) is 2.88. The predicted molar refractivity (Wildman–Crippen MR) is 87.5 cm³/mol. The number of aromatic nitrogens is 1. The molecule has 23 heavy (non-hydrogen) atoms. The first-order valence-corrected chi connectivity index (χ1v) is 8.04. The van der Waals surface area contributed by atoms with E-state index in [1.807, 2.05) is 6.92 Å². The normalized spacial score (nSPS) is 10.5. The molecule has 0 fully saturated rings. The van der Waals surface area contributed by atoms with Gasteiger partial charge in [-0.3, -0.25) is 4.79 Å². The van der Waals surface area contributed by atoms with Crippen molar-refractivity contribution < 1.29 is 46.2 Å². The van der Waals surface area contributed by atoms with Crippen LogP contribution in [0.25, 0.3) is 11.3 Å². The zero-order chi connectivity index (χ0) is 16.3. The van der Waals surface area contributed by atoms with E-state index in [4.69, 9.17) is 4.74 Å². The summed E-state index contributed by atoms with van der Waals surface area (Å²) in [5, 5.41) is 0. The molecular weight excluding hydrogens is 513 g/mol. The van der Waals surface area contributed by atoms with E-state index in [2.05, 4.69) is 37.9 Å². The quantitative estimate of drug-likeness (QED) is 0.539. The van der Waals surface area contributed by atoms with Crippen LogP contribution in [0, 0.1) is 6.07 Å². The van der Waals surface area contributed by atoms with Gasteiger partial charge >= 0.3 is 0 Å². The third-order valence-corrected chi connectivity index (χ3v) is 4.11. The molecule has 0 aliphatic heterocycles. The molecule has 1 radical (unpaired) electrons. The molecular formula is C15H12Br2F2NO2Y-. The summed E-state index contributed by atoms with van der Waals surface area (Å²) in [6.45, 7) is 1.70. The van der Waals surface area contributed by atoms with Crippen molar-refractivity contribution in [3.05, 3.63) is 49.6 Å². The second-order valence-electron chi connectivity index (χ2n) is 4.37. The Balaban J connectivity index is 0.00000264. The number of hydrogen-bond acceptors (Lipinski definition) is 2. The van der Waals surface area contributed by atoms with Crippen LogP contribution in [-0.4, -0.2) is 17.6 Å². The SMILES string of the molecule is CCOc1ccc(-c2[c-]cc(Br)c(=O)n2CC(F)F)c(Br)c1.[Y]. The summed E-state index contributed by atoms with van der Waals surface area (Å²) in [6, 6.07) is 9.46. The topological polar surface area (TPSA) is 31.2 Å². The van der Waals surface area contributed by atoms with E-state index >= 15 is 0 Å². The molecule has 0 aliphatic carbocycles. The molecule has 1 aromatic carbocycles. The van der Waals surface area contributed by atoms with Gasteiger partial charge in [-0.25, -0.2) is 8.78 Å². The average molecular weight is 525 g/mol. The van der Waals surface area contributed by atoms with Gasteiger partial charge in [0.15, 0.2) is 0 Å². The van der Waals surface area contributed by atoms with Gasteiger partial charge < -0.3 is 9.30 Å². The molecule has 2 aromatic rings. The van der Waals surface area contributed by atoms with Crippen LogP contribution in [0.3, 0.4) is 0 Å². The van der Waals surface area contributed by atoms with Gasteiger partial charge in [0.25, 0.3) is 6.43 Å². The fourth-order valence-electron chi connectivity index (χ4n) is 1.98. The Morgan fingerprint density at radius 3 is 2.57 bits per heavy atom. The number of ether oxygens (including phenoxy) is 1. The van der Waals surface area contributed by atoms with Gasteiger partial charge in [0, 0.05) is 32.7 Å². The molecule has 0 N–H and O–H groups in total. The number of halogens is 4. The molecule has 0 saturated heterocycles. The third kappa shape index (κ3) is 5.18. The van der Waals surface area contributed by atoms with Crippen LogP contribution in [0.2, 0.25) is 0 Å². The molecule has 0 atom stereocenters. The average Bonchev–Trinajstić information content (AvgIpc) is 2.45. The molecule has 0 bridgehead atoms. The van der Waals surface area contributed by atoms with E-state index in [1.165, 1.54) is 6.07 Å². The van der Waals surface area contributed by atoms with Crippen molar-refractivity contribution in [3.63, 3.8) is 0 Å². The number of benzene rings is 1. The second kappa shape index (κ2) is 9.40. The maximum Gasteiger partial charge on any atom is 0.256 e. The maximum atomic E-state index is 12.8. The largest absolute Gasteiger partial charge is 0.494 e. The molecule has 2 rings (SSSR count). The fourth-order valence-corrected chi connectivity index (χ4v) is 2.86. The molecule has 8 heteroatoms. The first kappa shape index (κ1) is 20.9. The summed E-state index contributed by atoms with van der Waals surface area (Å²) in [7, 11) is 0. The van der Waals surface area contributed by atoms with Gasteiger partial charge in [0.2, 0.25) is 5.56 Å². The van der Waals surface area contributed by atoms with Crippen molar-refractivity contribution in [1.29, 1.82) is 0 Å². The van der Waals surface area contributed by atoms with E-state index in [1.54, 1.807) is 18.2 Å². The fraction of sp³-hybridized carbons (Fsp3) is 0.267. The Bertz CT molecular complexity index is 738. The van der Waals surface area contributed by atoms with Crippen LogP contribution in [-0.2, 0) is 39.3 Å². The van der Waals surface area contributed by atoms with Gasteiger partial charge in [-0.1, -0.05) is 27.2 Å². The Kier molecular flexibility index (Phi) is 8.55. The van der Waals surface area contributed by atoms with Crippen LogP contribution in [0.4, 0.5) is 8.78 Å². The van der Waals surface area contributed by atoms with Gasteiger partial charge in [-0.15, -0.1) is 22.0 Å². The minimum atomic E-state index is -2.64. The zero-order valence-electron chi connectivity index (χ0n) is 12.2. The van der Waals surface area contributed by atoms with Crippen LogP contribution in [0.1, 0.15) is 6.92 Å². The number of alkyl halides is 2. The van der Waals surface area contributed by atoms with Crippen molar-refractivity contribution in [1.82, 2.24) is 4.57 Å². The van der Waals surface area contributed by atoms with Gasteiger partial charge in [-0.05, 0) is 28.0 Å². The van der Waals surface area contributed by atoms with Crippen molar-refractivity contribution in [2.75, 3.05) is 6.61 Å². The molecule has 0 saturated carbocycles. The van der Waals surface area contributed by atoms with E-state index in [0.29, 0.717) is 28.1 Å². The molecule has 0 unspecified atom stereocenters. The molecule has 0 amide bonds. The predicted octanol–water partition coefficient (Wildman–Crippen LogP) is 4.50. The van der Waals surface area contributed by atoms with Gasteiger partial charge in [0.05, 0.1) is 13.2 Å². The minimum Gasteiger partial charge on any atom is -0.494 e. The molecule has 3 nitrogen and oxygen atoms in total. The summed E-state index contributed by atoms with van der Waals surface area (Å²) in [5.74, 6) is 0.651. The molecule has 0 spiro atoms. The first-order chi connectivity index (χ1) is 10.4. The molecule has 1 aromatic heterocycles. The Hall–Kier alpha value is -0.106. The number of nitrogens with zero attached hydrogens (tertiary/aromatic N) is 1. The molecule has 121 valence electrons. The summed E-state index contributed by atoms with van der Waals surface area (Å²) < 4.78 is 32.8. The molecule has 0 aliphatic rings. The smallest absolute Gasteiger partial charge is 0.256 e. The number of pyridine rings is 1. The molecule has 1 heterocycles. The van der Waals surface area contributed by atoms with Crippen LogP contribution in [0.15, 0.2) is 38.0 Å². The van der Waals surface area contributed by atoms with Crippen LogP contribution in [0.5, 0.6) is 5.75 Å². The van der Waals surface area contributed by atoms with Gasteiger partial charge in [-0.2, -0.15) is 12.1 Å². The monoisotopic (exact) mass is 523 g/mol. The van der Waals surface area contributed by atoms with E-state index < -0.39 is 18.5 Å². The number of hydrogen-bond donors (Lipinski definition) is 0. The van der Waals surface area contributed by atoms with Gasteiger partial charge in [0.1, 0.15) is 5.75 Å². The van der Waals surface area contributed by atoms with E-state index in [0.717, 1.165) is 4.57 Å². The second-order valence-corrected chi connectivity index (χ2v) is 6.08. The van der Waals surface area contributed by atoms with Crippen molar-refractivity contribution in [3.8, 4) is 17.0 Å². The van der Waals surface area contributed by atoms with Crippen LogP contribution < -0.4 is 10.3 Å². The van der Waals surface area contributed by atoms with Crippen molar-refractivity contribution in [2.45, 2.75) is 19.9 Å². The minimum absolute atomic E-state index is 0. The van der Waals surface area contributed by atoms with E-state index in [9.17, 15) is 13.6 Å². The standard InChI is InChI=1S/C15H12Br2F2NO2.Y/c1-2-22-9-3-4-10(12(17)7-9)13-6-5-11(16)15(21)20(13)8-14(18)19;/h3-5,7,14H,2,8H2,1H3;/q-1;. The summed E-state index contributed by atoms with van der Waals surface area (Å²) in [6.07, 6.45) is -2.64. The summed E-state index contributed by atoms with van der Waals surface area (Å²) in [4.78, 5) is 12.1.